The van der Waals surface area contributed by atoms with E-state index in [0.29, 0.717) is 18.2 Å². The van der Waals surface area contributed by atoms with E-state index in [2.05, 4.69) is 33.8 Å². The molecule has 4 N–H and O–H groups in total. The molecule has 0 unspecified atom stereocenters. The van der Waals surface area contributed by atoms with Gasteiger partial charge in [-0.15, -0.1) is 0 Å². The van der Waals surface area contributed by atoms with Crippen LogP contribution in [0.3, 0.4) is 0 Å². The average Bonchev–Trinajstić information content (AvgIpc) is 2.55. The molecule has 0 aliphatic carbocycles. The van der Waals surface area contributed by atoms with Crippen molar-refractivity contribution in [3.63, 3.8) is 0 Å². The van der Waals surface area contributed by atoms with Gasteiger partial charge in [-0.05, 0) is 17.7 Å². The summed E-state index contributed by atoms with van der Waals surface area (Å²) >= 11 is 0. The number of pyridine rings is 2. The lowest BCUT2D eigenvalue weighted by Gasteiger charge is -2.24. The van der Waals surface area contributed by atoms with Gasteiger partial charge in [0.2, 0.25) is 0 Å². The van der Waals surface area contributed by atoms with Gasteiger partial charge in [-0.2, -0.15) is 0 Å². The monoisotopic (exact) mass is 294 g/mol. The largest absolute Gasteiger partial charge is 0.383 e. The van der Waals surface area contributed by atoms with E-state index < -0.39 is 0 Å². The highest BCUT2D eigenvalue weighted by Gasteiger charge is 2.24. The van der Waals surface area contributed by atoms with Gasteiger partial charge < -0.3 is 11.5 Å². The number of nitrogen functional groups attached to an aromatic ring is 1. The normalized spacial score (nSPS) is 11.8. The molecule has 3 heterocycles. The van der Waals surface area contributed by atoms with Crippen LogP contribution >= 0.6 is 0 Å². The number of fused-ring (bicyclic) bond motifs is 1. The van der Waals surface area contributed by atoms with Crippen LogP contribution in [-0.4, -0.2) is 26.5 Å². The predicted octanol–water partition coefficient (Wildman–Crippen LogP) is 1.91. The number of hydrogen-bond donors (Lipinski definition) is 2. The first kappa shape index (κ1) is 14.3. The van der Waals surface area contributed by atoms with Crippen LogP contribution in [0, 0.1) is 0 Å². The van der Waals surface area contributed by atoms with Crippen LogP contribution in [0.5, 0.6) is 0 Å². The molecule has 0 spiro atoms. The zero-order chi connectivity index (χ0) is 15.7. The summed E-state index contributed by atoms with van der Waals surface area (Å²) in [4.78, 5) is 17.3. The molecule has 0 bridgehead atoms. The van der Waals surface area contributed by atoms with Crippen molar-refractivity contribution in [2.75, 3.05) is 12.3 Å². The summed E-state index contributed by atoms with van der Waals surface area (Å²) in [5.41, 5.74) is 14.4. The number of hydrogen-bond acceptors (Lipinski definition) is 6. The third-order valence-corrected chi connectivity index (χ3v) is 3.81. The van der Waals surface area contributed by atoms with Gasteiger partial charge in [-0.25, -0.2) is 9.97 Å². The zero-order valence-corrected chi connectivity index (χ0v) is 12.6. The minimum Gasteiger partial charge on any atom is -0.383 e. The third-order valence-electron chi connectivity index (χ3n) is 3.81. The Bertz CT molecular complexity index is 813. The Balaban J connectivity index is 2.26. The predicted molar refractivity (Wildman–Crippen MR) is 87.1 cm³/mol. The second-order valence-electron chi connectivity index (χ2n) is 5.84. The van der Waals surface area contributed by atoms with E-state index in [0.717, 1.165) is 22.0 Å². The molecule has 0 saturated heterocycles. The Labute approximate surface area is 128 Å². The van der Waals surface area contributed by atoms with Crippen LogP contribution in [0.1, 0.15) is 19.4 Å². The van der Waals surface area contributed by atoms with Crippen molar-refractivity contribution in [2.24, 2.45) is 5.73 Å². The van der Waals surface area contributed by atoms with E-state index in [-0.39, 0.29) is 5.41 Å². The van der Waals surface area contributed by atoms with Gasteiger partial charge in [0.15, 0.2) is 5.82 Å². The van der Waals surface area contributed by atoms with Crippen LogP contribution in [0.25, 0.3) is 22.3 Å². The fourth-order valence-electron chi connectivity index (χ4n) is 2.37. The summed E-state index contributed by atoms with van der Waals surface area (Å²) in [6, 6.07) is 3.70. The van der Waals surface area contributed by atoms with Gasteiger partial charge in [-0.3, -0.25) is 9.97 Å². The molecule has 3 aromatic heterocycles. The molecule has 6 heteroatoms. The van der Waals surface area contributed by atoms with E-state index in [1.807, 2.05) is 12.1 Å². The number of anilines is 1. The Hall–Kier alpha value is -2.60. The summed E-state index contributed by atoms with van der Waals surface area (Å²) in [5.74, 6) is 1.01. The lowest BCUT2D eigenvalue weighted by Crippen LogP contribution is -2.28. The van der Waals surface area contributed by atoms with Crippen molar-refractivity contribution in [1.29, 1.82) is 0 Å². The lowest BCUT2D eigenvalue weighted by molar-refractivity contribution is 0.542. The third kappa shape index (κ3) is 2.37. The first-order valence-corrected chi connectivity index (χ1v) is 7.05. The number of nitrogens with two attached hydrogens (primary N) is 2. The van der Waals surface area contributed by atoms with Crippen LogP contribution in [0.15, 0.2) is 36.9 Å². The number of rotatable bonds is 3. The van der Waals surface area contributed by atoms with E-state index in [1.165, 1.54) is 0 Å². The Kier molecular flexibility index (Phi) is 3.46. The minimum absolute atomic E-state index is 0.248. The summed E-state index contributed by atoms with van der Waals surface area (Å²) in [7, 11) is 0. The van der Waals surface area contributed by atoms with Gasteiger partial charge in [-0.1, -0.05) is 13.8 Å². The number of nitrogens with zero attached hydrogens (tertiary/aromatic N) is 4. The minimum atomic E-state index is -0.248. The molecular formula is C16H18N6. The van der Waals surface area contributed by atoms with E-state index in [4.69, 9.17) is 11.5 Å². The fourth-order valence-corrected chi connectivity index (χ4v) is 2.37. The van der Waals surface area contributed by atoms with Crippen LogP contribution in [0.2, 0.25) is 0 Å². The summed E-state index contributed by atoms with van der Waals surface area (Å²) in [5, 5.41) is 0.822. The highest BCUT2D eigenvalue weighted by molar-refractivity contribution is 5.92. The molecule has 0 amide bonds. The zero-order valence-electron chi connectivity index (χ0n) is 12.6. The Morgan fingerprint density at radius 1 is 1.05 bits per heavy atom. The first-order valence-electron chi connectivity index (χ1n) is 7.05. The lowest BCUT2D eigenvalue weighted by atomic mass is 9.84. The van der Waals surface area contributed by atoms with Gasteiger partial charge in [0, 0.05) is 41.5 Å². The van der Waals surface area contributed by atoms with Crippen molar-refractivity contribution < 1.29 is 0 Å². The maximum Gasteiger partial charge on any atom is 0.162 e. The molecule has 0 aromatic carbocycles. The van der Waals surface area contributed by atoms with Crippen LogP contribution in [-0.2, 0) is 5.41 Å². The molecular weight excluding hydrogens is 276 g/mol. The topological polar surface area (TPSA) is 104 Å². The first-order chi connectivity index (χ1) is 10.5. The van der Waals surface area contributed by atoms with Gasteiger partial charge in [0.25, 0.3) is 0 Å². The second kappa shape index (κ2) is 5.31. The van der Waals surface area contributed by atoms with Crippen molar-refractivity contribution in [3.05, 3.63) is 42.5 Å². The van der Waals surface area contributed by atoms with Crippen molar-refractivity contribution in [3.8, 4) is 11.4 Å². The summed E-state index contributed by atoms with van der Waals surface area (Å²) in [6.45, 7) is 4.60. The van der Waals surface area contributed by atoms with Crippen LogP contribution < -0.4 is 11.5 Å². The van der Waals surface area contributed by atoms with Crippen molar-refractivity contribution in [2.45, 2.75) is 19.3 Å². The SMILES string of the molecule is CC(C)(CN)c1cncc2nc(-c3ccncc3)nc(N)c12. The molecule has 112 valence electrons. The molecule has 0 aliphatic rings. The van der Waals surface area contributed by atoms with E-state index in [9.17, 15) is 0 Å². The van der Waals surface area contributed by atoms with Crippen LogP contribution in [0.4, 0.5) is 5.82 Å². The quantitative estimate of drug-likeness (QED) is 0.764. The van der Waals surface area contributed by atoms with Gasteiger partial charge in [0.1, 0.15) is 5.82 Å². The maximum absolute atomic E-state index is 6.21. The smallest absolute Gasteiger partial charge is 0.162 e. The second-order valence-corrected chi connectivity index (χ2v) is 5.84. The fraction of sp³-hybridized carbons (Fsp3) is 0.250. The highest BCUT2D eigenvalue weighted by atomic mass is 15.0. The van der Waals surface area contributed by atoms with Crippen molar-refractivity contribution in [1.82, 2.24) is 19.9 Å². The molecule has 0 fully saturated rings. The Morgan fingerprint density at radius 2 is 1.77 bits per heavy atom. The highest BCUT2D eigenvalue weighted by Crippen LogP contribution is 2.32. The molecule has 3 rings (SSSR count). The molecule has 0 aliphatic heterocycles. The van der Waals surface area contributed by atoms with E-state index in [1.54, 1.807) is 24.8 Å². The summed E-state index contributed by atoms with van der Waals surface area (Å²) in [6.07, 6.45) is 6.89. The standard InChI is InChI=1S/C16H18N6/c1-16(2,9-17)11-7-20-8-12-13(11)14(18)22-15(21-12)10-3-5-19-6-4-10/h3-8H,9,17H2,1-2H3,(H2,18,21,22). The molecule has 0 radical (unpaired) electrons. The number of aromatic nitrogens is 4. The van der Waals surface area contributed by atoms with Gasteiger partial charge >= 0.3 is 0 Å². The molecule has 0 atom stereocenters. The molecule has 22 heavy (non-hydrogen) atoms. The molecule has 0 saturated carbocycles. The molecule has 3 aromatic rings. The van der Waals surface area contributed by atoms with E-state index >= 15 is 0 Å². The van der Waals surface area contributed by atoms with Crippen molar-refractivity contribution >= 4 is 16.7 Å². The molecule has 6 nitrogen and oxygen atoms in total. The Morgan fingerprint density at radius 3 is 2.45 bits per heavy atom. The average molecular weight is 294 g/mol. The summed E-state index contributed by atoms with van der Waals surface area (Å²) < 4.78 is 0. The maximum atomic E-state index is 6.21. The van der Waals surface area contributed by atoms with Gasteiger partial charge in [0.05, 0.1) is 11.7 Å².